The third-order valence-corrected chi connectivity index (χ3v) is 5.43. The SMILES string of the molecule is CC(C)[C@@H](c1nnnn1C(C)(C)C)N1CCC(Cc2ccccc2)CC1. The van der Waals surface area contributed by atoms with E-state index < -0.39 is 0 Å². The molecule has 0 bridgehead atoms. The summed E-state index contributed by atoms with van der Waals surface area (Å²) in [7, 11) is 0. The van der Waals surface area contributed by atoms with Crippen molar-refractivity contribution in [1.82, 2.24) is 25.1 Å². The zero-order chi connectivity index (χ0) is 18.7. The van der Waals surface area contributed by atoms with Crippen molar-refractivity contribution in [2.75, 3.05) is 13.1 Å². The van der Waals surface area contributed by atoms with E-state index in [1.165, 1.54) is 24.8 Å². The fourth-order valence-electron chi connectivity index (χ4n) is 4.12. The van der Waals surface area contributed by atoms with Gasteiger partial charge in [0.1, 0.15) is 0 Å². The molecule has 142 valence electrons. The van der Waals surface area contributed by atoms with Gasteiger partial charge in [-0.3, -0.25) is 4.90 Å². The molecule has 0 spiro atoms. The Kier molecular flexibility index (Phi) is 5.76. The smallest absolute Gasteiger partial charge is 0.169 e. The standard InChI is InChI=1S/C21H33N5/c1-16(2)19(20-22-23-24-26(20)21(3,4)5)25-13-11-18(12-14-25)15-17-9-7-6-8-10-17/h6-10,16,18-19H,11-15H2,1-5H3/t19-/m0/s1. The summed E-state index contributed by atoms with van der Waals surface area (Å²) in [6.45, 7) is 13.3. The van der Waals surface area contributed by atoms with Crippen molar-refractivity contribution in [1.29, 1.82) is 0 Å². The number of piperidine rings is 1. The molecule has 0 amide bonds. The quantitative estimate of drug-likeness (QED) is 0.811. The Morgan fingerprint density at radius 3 is 2.31 bits per heavy atom. The van der Waals surface area contributed by atoms with Crippen LogP contribution in [0.1, 0.15) is 64.9 Å². The molecule has 5 nitrogen and oxygen atoms in total. The minimum atomic E-state index is -0.0996. The van der Waals surface area contributed by atoms with Crippen LogP contribution in [0.4, 0.5) is 0 Å². The fraction of sp³-hybridized carbons (Fsp3) is 0.667. The van der Waals surface area contributed by atoms with Crippen molar-refractivity contribution in [3.05, 3.63) is 41.7 Å². The first-order valence-corrected chi connectivity index (χ1v) is 9.93. The van der Waals surface area contributed by atoms with E-state index in [0.29, 0.717) is 5.92 Å². The van der Waals surface area contributed by atoms with Crippen LogP contribution in [0.2, 0.25) is 0 Å². The van der Waals surface area contributed by atoms with E-state index in [1.807, 2.05) is 4.68 Å². The second kappa shape index (κ2) is 7.87. The molecule has 2 aromatic rings. The molecule has 1 atom stereocenters. The van der Waals surface area contributed by atoms with E-state index in [0.717, 1.165) is 24.8 Å². The van der Waals surface area contributed by atoms with Crippen molar-refractivity contribution in [2.45, 2.75) is 65.5 Å². The Bertz CT molecular complexity index is 678. The van der Waals surface area contributed by atoms with Crippen LogP contribution in [0.3, 0.4) is 0 Å². The van der Waals surface area contributed by atoms with Crippen LogP contribution in [-0.4, -0.2) is 38.2 Å². The summed E-state index contributed by atoms with van der Waals surface area (Å²) < 4.78 is 2.01. The third-order valence-electron chi connectivity index (χ3n) is 5.43. The summed E-state index contributed by atoms with van der Waals surface area (Å²) in [5, 5.41) is 12.7. The van der Waals surface area contributed by atoms with Gasteiger partial charge in [-0.1, -0.05) is 44.2 Å². The van der Waals surface area contributed by atoms with Gasteiger partial charge < -0.3 is 0 Å². The molecule has 5 heteroatoms. The van der Waals surface area contributed by atoms with Gasteiger partial charge in [-0.15, -0.1) is 5.10 Å². The maximum absolute atomic E-state index is 4.43. The lowest BCUT2D eigenvalue weighted by atomic mass is 9.88. The summed E-state index contributed by atoms with van der Waals surface area (Å²) in [5.41, 5.74) is 1.36. The minimum Gasteiger partial charge on any atom is -0.293 e. The van der Waals surface area contributed by atoms with Crippen molar-refractivity contribution >= 4 is 0 Å². The van der Waals surface area contributed by atoms with Crippen molar-refractivity contribution in [3.63, 3.8) is 0 Å². The molecule has 1 fully saturated rings. The molecular weight excluding hydrogens is 322 g/mol. The molecule has 26 heavy (non-hydrogen) atoms. The number of likely N-dealkylation sites (tertiary alicyclic amines) is 1. The number of nitrogens with zero attached hydrogens (tertiary/aromatic N) is 5. The number of aromatic nitrogens is 4. The molecule has 1 aromatic carbocycles. The lowest BCUT2D eigenvalue weighted by Crippen LogP contribution is -2.41. The summed E-state index contributed by atoms with van der Waals surface area (Å²) in [4.78, 5) is 2.60. The van der Waals surface area contributed by atoms with E-state index >= 15 is 0 Å². The molecule has 0 unspecified atom stereocenters. The Labute approximate surface area is 157 Å². The van der Waals surface area contributed by atoms with Gasteiger partial charge in [0.2, 0.25) is 0 Å². The highest BCUT2D eigenvalue weighted by Crippen LogP contribution is 2.33. The highest BCUT2D eigenvalue weighted by Gasteiger charge is 2.34. The largest absolute Gasteiger partial charge is 0.293 e. The van der Waals surface area contributed by atoms with Crippen LogP contribution in [0.5, 0.6) is 0 Å². The number of rotatable bonds is 5. The maximum Gasteiger partial charge on any atom is 0.169 e. The Morgan fingerprint density at radius 1 is 1.08 bits per heavy atom. The van der Waals surface area contributed by atoms with E-state index in [4.69, 9.17) is 0 Å². The zero-order valence-electron chi connectivity index (χ0n) is 16.9. The van der Waals surface area contributed by atoms with E-state index in [9.17, 15) is 0 Å². The van der Waals surface area contributed by atoms with Crippen LogP contribution >= 0.6 is 0 Å². The van der Waals surface area contributed by atoms with Crippen LogP contribution in [0, 0.1) is 11.8 Å². The number of hydrogen-bond donors (Lipinski definition) is 0. The van der Waals surface area contributed by atoms with Gasteiger partial charge in [0, 0.05) is 0 Å². The molecule has 0 N–H and O–H groups in total. The van der Waals surface area contributed by atoms with Crippen LogP contribution in [0.25, 0.3) is 0 Å². The van der Waals surface area contributed by atoms with Gasteiger partial charge in [-0.25, -0.2) is 4.68 Å². The van der Waals surface area contributed by atoms with Gasteiger partial charge in [0.05, 0.1) is 11.6 Å². The molecule has 1 aliphatic rings. The molecule has 1 aromatic heterocycles. The van der Waals surface area contributed by atoms with Gasteiger partial charge in [0.25, 0.3) is 0 Å². The normalized spacial score (nSPS) is 18.4. The summed E-state index contributed by atoms with van der Waals surface area (Å²) in [6, 6.07) is 11.2. The molecular formula is C21H33N5. The number of benzene rings is 1. The molecule has 0 aliphatic carbocycles. The summed E-state index contributed by atoms with van der Waals surface area (Å²) in [6.07, 6.45) is 3.69. The monoisotopic (exact) mass is 355 g/mol. The topological polar surface area (TPSA) is 46.8 Å². The van der Waals surface area contributed by atoms with Crippen molar-refractivity contribution in [2.24, 2.45) is 11.8 Å². The predicted octanol–water partition coefficient (Wildman–Crippen LogP) is 4.08. The molecule has 0 saturated carbocycles. The number of hydrogen-bond acceptors (Lipinski definition) is 4. The first-order valence-electron chi connectivity index (χ1n) is 9.93. The van der Waals surface area contributed by atoms with Gasteiger partial charge >= 0.3 is 0 Å². The van der Waals surface area contributed by atoms with Gasteiger partial charge in [-0.05, 0) is 80.9 Å². The average molecular weight is 356 g/mol. The molecule has 1 saturated heterocycles. The van der Waals surface area contributed by atoms with Crippen LogP contribution in [-0.2, 0) is 12.0 Å². The molecule has 0 radical (unpaired) electrons. The fourth-order valence-corrected chi connectivity index (χ4v) is 4.12. The average Bonchev–Trinajstić information content (AvgIpc) is 3.07. The highest BCUT2D eigenvalue weighted by molar-refractivity contribution is 5.15. The number of tetrazole rings is 1. The third kappa shape index (κ3) is 4.32. The molecule has 2 heterocycles. The first kappa shape index (κ1) is 19.0. The second-order valence-electron chi connectivity index (χ2n) is 8.98. The van der Waals surface area contributed by atoms with Gasteiger partial charge in [0.15, 0.2) is 5.82 Å². The second-order valence-corrected chi connectivity index (χ2v) is 8.98. The van der Waals surface area contributed by atoms with Gasteiger partial charge in [-0.2, -0.15) is 0 Å². The van der Waals surface area contributed by atoms with E-state index in [1.54, 1.807) is 0 Å². The maximum atomic E-state index is 4.43. The van der Waals surface area contributed by atoms with E-state index in [-0.39, 0.29) is 11.6 Å². The van der Waals surface area contributed by atoms with Crippen molar-refractivity contribution in [3.8, 4) is 0 Å². The Hall–Kier alpha value is -1.75. The minimum absolute atomic E-state index is 0.0996. The summed E-state index contributed by atoms with van der Waals surface area (Å²) >= 11 is 0. The Balaban J connectivity index is 1.69. The predicted molar refractivity (Wildman–Crippen MR) is 105 cm³/mol. The highest BCUT2D eigenvalue weighted by atomic mass is 15.6. The van der Waals surface area contributed by atoms with E-state index in [2.05, 4.69) is 85.4 Å². The summed E-state index contributed by atoms with van der Waals surface area (Å²) in [5.74, 6) is 2.27. The zero-order valence-corrected chi connectivity index (χ0v) is 16.9. The lowest BCUT2D eigenvalue weighted by Gasteiger charge is -2.39. The van der Waals surface area contributed by atoms with Crippen molar-refractivity contribution < 1.29 is 0 Å². The lowest BCUT2D eigenvalue weighted by molar-refractivity contribution is 0.0914. The molecule has 3 rings (SSSR count). The Morgan fingerprint density at radius 2 is 1.73 bits per heavy atom. The van der Waals surface area contributed by atoms with Crippen LogP contribution in [0.15, 0.2) is 30.3 Å². The molecule has 1 aliphatic heterocycles. The van der Waals surface area contributed by atoms with Crippen LogP contribution < -0.4 is 0 Å². The first-order chi connectivity index (χ1) is 12.4.